The van der Waals surface area contributed by atoms with Gasteiger partial charge in [-0.2, -0.15) is 0 Å². The molecule has 1 aliphatic rings. The molecule has 1 fully saturated rings. The Labute approximate surface area is 78.6 Å². The summed E-state index contributed by atoms with van der Waals surface area (Å²) in [6, 6.07) is 4.08. The maximum absolute atomic E-state index is 9.59. The van der Waals surface area contributed by atoms with Gasteiger partial charge in [0.15, 0.2) is 0 Å². The zero-order valence-corrected chi connectivity index (χ0v) is 8.07. The van der Waals surface area contributed by atoms with E-state index in [-0.39, 0.29) is 11.5 Å². The molecule has 0 aliphatic heterocycles. The van der Waals surface area contributed by atoms with Gasteiger partial charge in [-0.15, -0.1) is 0 Å². The number of nitrogens with zero attached hydrogens (tertiary/aromatic N) is 1. The molecule has 2 atom stereocenters. The highest BCUT2D eigenvalue weighted by Gasteiger charge is 2.47. The minimum atomic E-state index is -0.148. The van der Waals surface area contributed by atoms with E-state index in [9.17, 15) is 5.11 Å². The number of pyridine rings is 1. The molecule has 1 aliphatic carbocycles. The van der Waals surface area contributed by atoms with Crippen molar-refractivity contribution in [2.45, 2.75) is 32.3 Å². The van der Waals surface area contributed by atoms with Crippen LogP contribution in [-0.4, -0.2) is 16.2 Å². The fourth-order valence-corrected chi connectivity index (χ4v) is 2.06. The van der Waals surface area contributed by atoms with Crippen LogP contribution in [0.2, 0.25) is 0 Å². The maximum Gasteiger partial charge on any atom is 0.0603 e. The van der Waals surface area contributed by atoms with Crippen LogP contribution in [-0.2, 0) is 0 Å². The van der Waals surface area contributed by atoms with Gasteiger partial charge in [0.2, 0.25) is 0 Å². The standard InChI is InChI=1S/C11H15NO/c1-11(2)9(7-10(11)13)8-3-5-12-6-4-8/h3-6,9-10,13H,7H2,1-2H3. The molecule has 1 heterocycles. The van der Waals surface area contributed by atoms with Gasteiger partial charge in [-0.05, 0) is 35.4 Å². The van der Waals surface area contributed by atoms with Crippen LogP contribution < -0.4 is 0 Å². The first-order valence-corrected chi connectivity index (χ1v) is 4.70. The van der Waals surface area contributed by atoms with Gasteiger partial charge in [-0.3, -0.25) is 4.98 Å². The van der Waals surface area contributed by atoms with Crippen molar-refractivity contribution in [3.8, 4) is 0 Å². The molecule has 70 valence electrons. The zero-order valence-electron chi connectivity index (χ0n) is 8.07. The number of hydrogen-bond donors (Lipinski definition) is 1. The second kappa shape index (κ2) is 2.81. The van der Waals surface area contributed by atoms with Crippen LogP contribution in [0.5, 0.6) is 0 Å². The Kier molecular flexibility index (Phi) is 1.88. The summed E-state index contributed by atoms with van der Waals surface area (Å²) in [6.45, 7) is 4.23. The summed E-state index contributed by atoms with van der Waals surface area (Å²) in [5, 5.41) is 9.59. The molecule has 13 heavy (non-hydrogen) atoms. The first-order valence-electron chi connectivity index (χ1n) is 4.70. The highest BCUT2D eigenvalue weighted by atomic mass is 16.3. The second-order valence-corrected chi connectivity index (χ2v) is 4.41. The Morgan fingerprint density at radius 1 is 1.38 bits per heavy atom. The number of aliphatic hydroxyl groups excluding tert-OH is 1. The second-order valence-electron chi connectivity index (χ2n) is 4.41. The van der Waals surface area contributed by atoms with Gasteiger partial charge < -0.3 is 5.11 Å². The number of hydrogen-bond acceptors (Lipinski definition) is 2. The molecule has 0 bridgehead atoms. The van der Waals surface area contributed by atoms with Gasteiger partial charge in [0.1, 0.15) is 0 Å². The Hall–Kier alpha value is -0.890. The highest BCUT2D eigenvalue weighted by Crippen LogP contribution is 2.52. The van der Waals surface area contributed by atoms with Gasteiger partial charge in [-0.25, -0.2) is 0 Å². The average Bonchev–Trinajstić information content (AvgIpc) is 2.15. The van der Waals surface area contributed by atoms with E-state index in [0.29, 0.717) is 5.92 Å². The van der Waals surface area contributed by atoms with E-state index in [1.165, 1.54) is 5.56 Å². The fourth-order valence-electron chi connectivity index (χ4n) is 2.06. The Morgan fingerprint density at radius 3 is 2.46 bits per heavy atom. The van der Waals surface area contributed by atoms with Crippen LogP contribution in [0, 0.1) is 5.41 Å². The van der Waals surface area contributed by atoms with Crippen LogP contribution in [0.1, 0.15) is 31.7 Å². The third-order valence-corrected chi connectivity index (χ3v) is 3.32. The third-order valence-electron chi connectivity index (χ3n) is 3.32. The minimum Gasteiger partial charge on any atom is -0.393 e. The SMILES string of the molecule is CC1(C)C(O)CC1c1ccncc1. The summed E-state index contributed by atoms with van der Waals surface area (Å²) >= 11 is 0. The van der Waals surface area contributed by atoms with Crippen LogP contribution >= 0.6 is 0 Å². The molecule has 0 saturated heterocycles. The highest BCUT2D eigenvalue weighted by molar-refractivity contribution is 5.24. The molecule has 0 amide bonds. The number of aromatic nitrogens is 1. The van der Waals surface area contributed by atoms with Crippen molar-refractivity contribution in [1.29, 1.82) is 0 Å². The smallest absolute Gasteiger partial charge is 0.0603 e. The molecule has 0 radical (unpaired) electrons. The van der Waals surface area contributed by atoms with Crippen LogP contribution in [0.4, 0.5) is 0 Å². The molecular weight excluding hydrogens is 162 g/mol. The van der Waals surface area contributed by atoms with Gasteiger partial charge in [0.05, 0.1) is 6.10 Å². The van der Waals surface area contributed by atoms with E-state index in [2.05, 4.69) is 18.8 Å². The predicted octanol–water partition coefficient (Wildman–Crippen LogP) is 1.96. The lowest BCUT2D eigenvalue weighted by atomic mass is 9.58. The van der Waals surface area contributed by atoms with E-state index in [1.807, 2.05) is 24.5 Å². The summed E-state index contributed by atoms with van der Waals surface area (Å²) in [5.74, 6) is 0.491. The van der Waals surface area contributed by atoms with Gasteiger partial charge in [0.25, 0.3) is 0 Å². The van der Waals surface area contributed by atoms with Gasteiger partial charge >= 0.3 is 0 Å². The van der Waals surface area contributed by atoms with Crippen molar-refractivity contribution in [2.75, 3.05) is 0 Å². The molecule has 0 aromatic carbocycles. The quantitative estimate of drug-likeness (QED) is 0.711. The summed E-state index contributed by atoms with van der Waals surface area (Å²) in [5.41, 5.74) is 1.33. The normalized spacial score (nSPS) is 31.0. The van der Waals surface area contributed by atoms with Crippen LogP contribution in [0.25, 0.3) is 0 Å². The summed E-state index contributed by atoms with van der Waals surface area (Å²) in [4.78, 5) is 3.99. The van der Waals surface area contributed by atoms with Crippen LogP contribution in [0.15, 0.2) is 24.5 Å². The van der Waals surface area contributed by atoms with Crippen molar-refractivity contribution in [3.63, 3.8) is 0 Å². The molecule has 1 aromatic rings. The Balaban J connectivity index is 2.22. The van der Waals surface area contributed by atoms with Crippen molar-refractivity contribution >= 4 is 0 Å². The summed E-state index contributed by atoms with van der Waals surface area (Å²) in [7, 11) is 0. The van der Waals surface area contributed by atoms with Crippen molar-refractivity contribution < 1.29 is 5.11 Å². The lowest BCUT2D eigenvalue weighted by molar-refractivity contribution is -0.0625. The van der Waals surface area contributed by atoms with Crippen LogP contribution in [0.3, 0.4) is 0 Å². The monoisotopic (exact) mass is 177 g/mol. The van der Waals surface area contributed by atoms with E-state index in [1.54, 1.807) is 0 Å². The molecule has 2 rings (SSSR count). The third kappa shape index (κ3) is 1.25. The zero-order chi connectivity index (χ0) is 9.47. The lowest BCUT2D eigenvalue weighted by Gasteiger charge is -2.49. The van der Waals surface area contributed by atoms with E-state index in [4.69, 9.17) is 0 Å². The Bertz CT molecular complexity index is 294. The fraction of sp³-hybridized carbons (Fsp3) is 0.545. The summed E-state index contributed by atoms with van der Waals surface area (Å²) in [6.07, 6.45) is 4.37. The summed E-state index contributed by atoms with van der Waals surface area (Å²) < 4.78 is 0. The molecule has 2 unspecified atom stereocenters. The Morgan fingerprint density at radius 2 is 2.00 bits per heavy atom. The van der Waals surface area contributed by atoms with E-state index >= 15 is 0 Å². The molecule has 1 aromatic heterocycles. The molecule has 2 heteroatoms. The molecule has 1 saturated carbocycles. The van der Waals surface area contributed by atoms with Crippen molar-refractivity contribution in [1.82, 2.24) is 4.98 Å². The van der Waals surface area contributed by atoms with Crippen molar-refractivity contribution in [3.05, 3.63) is 30.1 Å². The van der Waals surface area contributed by atoms with Gasteiger partial charge in [-0.1, -0.05) is 13.8 Å². The molecule has 2 nitrogen and oxygen atoms in total. The predicted molar refractivity (Wildman–Crippen MR) is 51.4 cm³/mol. The largest absolute Gasteiger partial charge is 0.393 e. The lowest BCUT2D eigenvalue weighted by Crippen LogP contribution is -2.47. The molecule has 0 spiro atoms. The van der Waals surface area contributed by atoms with E-state index < -0.39 is 0 Å². The van der Waals surface area contributed by atoms with E-state index in [0.717, 1.165) is 6.42 Å². The first-order chi connectivity index (χ1) is 6.12. The van der Waals surface area contributed by atoms with Gasteiger partial charge in [0, 0.05) is 12.4 Å². The number of rotatable bonds is 1. The maximum atomic E-state index is 9.59. The average molecular weight is 177 g/mol. The first kappa shape index (κ1) is 8.70. The minimum absolute atomic E-state index is 0.0291. The topological polar surface area (TPSA) is 33.1 Å². The molecule has 1 N–H and O–H groups in total. The molecular formula is C11H15NO. The number of aliphatic hydroxyl groups is 1. The van der Waals surface area contributed by atoms with Crippen molar-refractivity contribution in [2.24, 2.45) is 5.41 Å².